The number of ether oxygens (including phenoxy) is 2. The second kappa shape index (κ2) is 12.3. The van der Waals surface area contributed by atoms with Crippen molar-refractivity contribution in [3.8, 4) is 34.1 Å². The van der Waals surface area contributed by atoms with E-state index in [-0.39, 0.29) is 12.0 Å². The van der Waals surface area contributed by atoms with Crippen molar-refractivity contribution in [3.63, 3.8) is 0 Å². The van der Waals surface area contributed by atoms with Crippen LogP contribution in [0.4, 0.5) is 0 Å². The molecule has 0 unspecified atom stereocenters. The molecule has 1 aromatic carbocycles. The van der Waals surface area contributed by atoms with Gasteiger partial charge in [0.15, 0.2) is 0 Å². The van der Waals surface area contributed by atoms with Crippen LogP contribution in [0.2, 0.25) is 0 Å². The van der Waals surface area contributed by atoms with E-state index < -0.39 is 6.10 Å². The first kappa shape index (κ1) is 27.9. The number of aromatic amines is 1. The van der Waals surface area contributed by atoms with Crippen LogP contribution >= 0.6 is 0 Å². The summed E-state index contributed by atoms with van der Waals surface area (Å²) in [7, 11) is 0. The number of hydrogen-bond acceptors (Lipinski definition) is 8. The first-order valence-corrected chi connectivity index (χ1v) is 14.5. The van der Waals surface area contributed by atoms with Crippen LogP contribution in [0.1, 0.15) is 25.3 Å². The number of morpholine rings is 1. The van der Waals surface area contributed by atoms with Crippen LogP contribution in [0.5, 0.6) is 5.75 Å². The average molecular weight is 570 g/mol. The molecule has 0 spiro atoms. The van der Waals surface area contributed by atoms with Crippen LogP contribution in [0, 0.1) is 11.3 Å². The van der Waals surface area contributed by atoms with E-state index in [1.165, 1.54) is 6.92 Å². The fourth-order valence-electron chi connectivity index (χ4n) is 5.63. The van der Waals surface area contributed by atoms with E-state index in [0.29, 0.717) is 37.2 Å². The number of aliphatic hydroxyl groups excluding tert-OH is 1. The maximum Gasteiger partial charge on any atom is 0.251 e. The lowest BCUT2D eigenvalue weighted by Crippen LogP contribution is -2.45. The highest BCUT2D eigenvalue weighted by Gasteiger charge is 2.26. The molecule has 11 heteroatoms. The zero-order valence-corrected chi connectivity index (χ0v) is 23.7. The molecule has 2 fully saturated rings. The fourth-order valence-corrected chi connectivity index (χ4v) is 5.63. The summed E-state index contributed by atoms with van der Waals surface area (Å²) in [4.78, 5) is 24.0. The number of nitrogens with zero attached hydrogens (tertiary/aromatic N) is 6. The van der Waals surface area contributed by atoms with Crippen LogP contribution in [0.15, 0.2) is 49.1 Å². The van der Waals surface area contributed by atoms with Gasteiger partial charge in [-0.1, -0.05) is 6.07 Å². The number of hydrogen-bond donors (Lipinski definition) is 2. The number of aromatic nitrogens is 4. The van der Waals surface area contributed by atoms with E-state index in [0.717, 1.165) is 72.7 Å². The van der Waals surface area contributed by atoms with Crippen molar-refractivity contribution in [2.45, 2.75) is 38.5 Å². The zero-order valence-electron chi connectivity index (χ0n) is 23.7. The number of carbonyl (C=O) groups excluding carboxylic acids is 1. The lowest BCUT2D eigenvalue weighted by Gasteiger charge is -2.33. The normalized spacial score (nSPS) is 17.3. The van der Waals surface area contributed by atoms with E-state index >= 15 is 0 Å². The van der Waals surface area contributed by atoms with Crippen molar-refractivity contribution in [2.75, 3.05) is 45.9 Å². The van der Waals surface area contributed by atoms with Gasteiger partial charge >= 0.3 is 0 Å². The summed E-state index contributed by atoms with van der Waals surface area (Å²) in [5, 5.41) is 25.0. The van der Waals surface area contributed by atoms with Crippen molar-refractivity contribution in [1.29, 1.82) is 5.26 Å². The Morgan fingerprint density at radius 1 is 1.14 bits per heavy atom. The van der Waals surface area contributed by atoms with Crippen molar-refractivity contribution in [2.24, 2.45) is 0 Å². The minimum atomic E-state index is -1.00. The first-order chi connectivity index (χ1) is 20.5. The number of aliphatic hydroxyl groups is 1. The molecule has 11 nitrogen and oxygen atoms in total. The summed E-state index contributed by atoms with van der Waals surface area (Å²) in [5.74, 6) is 0.272. The molecule has 0 aliphatic carbocycles. The standard InChI is InChI=1S/C31H35N7O4/c1-21(39)31(40)37-6-4-26(5-7-37)42-29-3-2-22(14-23(29)16-32)28-19-34-30-27(28)15-24(17-33-30)25-18-35-38(20-25)9-8-36-10-12-41-13-11-36/h2-3,14-15,17-21,26,39H,4-13H2,1H3,(H,33,34)/t21-/m0/s1. The summed E-state index contributed by atoms with van der Waals surface area (Å²) >= 11 is 0. The van der Waals surface area contributed by atoms with Gasteiger partial charge in [0.2, 0.25) is 0 Å². The van der Waals surface area contributed by atoms with Crippen LogP contribution in [-0.2, 0) is 16.1 Å². The van der Waals surface area contributed by atoms with Crippen molar-refractivity contribution < 1.29 is 19.4 Å². The highest BCUT2D eigenvalue weighted by Crippen LogP contribution is 2.34. The van der Waals surface area contributed by atoms with Gasteiger partial charge in [0.05, 0.1) is 31.5 Å². The van der Waals surface area contributed by atoms with E-state index in [1.54, 1.807) is 4.90 Å². The largest absolute Gasteiger partial charge is 0.489 e. The van der Waals surface area contributed by atoms with Crippen molar-refractivity contribution in [1.82, 2.24) is 29.5 Å². The lowest BCUT2D eigenvalue weighted by atomic mass is 10.0. The third kappa shape index (κ3) is 6.01. The third-order valence-electron chi connectivity index (χ3n) is 8.06. The van der Waals surface area contributed by atoms with E-state index in [4.69, 9.17) is 9.47 Å². The van der Waals surface area contributed by atoms with Gasteiger partial charge in [-0.2, -0.15) is 10.4 Å². The summed E-state index contributed by atoms with van der Waals surface area (Å²) in [6, 6.07) is 10.0. The van der Waals surface area contributed by atoms with E-state index in [1.807, 2.05) is 41.5 Å². The quantitative estimate of drug-likeness (QED) is 0.331. The van der Waals surface area contributed by atoms with Gasteiger partial charge in [-0.15, -0.1) is 0 Å². The molecule has 5 heterocycles. The highest BCUT2D eigenvalue weighted by molar-refractivity contribution is 5.96. The second-order valence-electron chi connectivity index (χ2n) is 10.9. The Kier molecular flexibility index (Phi) is 8.19. The number of likely N-dealkylation sites (tertiary alicyclic amines) is 1. The molecule has 4 aromatic rings. The predicted molar refractivity (Wildman–Crippen MR) is 157 cm³/mol. The fraction of sp³-hybridized carbons (Fsp3) is 0.419. The summed E-state index contributed by atoms with van der Waals surface area (Å²) in [6.07, 6.45) is 7.88. The van der Waals surface area contributed by atoms with Gasteiger partial charge in [0.1, 0.15) is 29.7 Å². The molecule has 0 saturated carbocycles. The zero-order chi connectivity index (χ0) is 29.1. The molecule has 2 N–H and O–H groups in total. The number of rotatable bonds is 8. The van der Waals surface area contributed by atoms with Crippen LogP contribution in [0.25, 0.3) is 33.3 Å². The number of fused-ring (bicyclic) bond motifs is 1. The molecule has 2 saturated heterocycles. The first-order valence-electron chi connectivity index (χ1n) is 14.5. The van der Waals surface area contributed by atoms with Gasteiger partial charge in [0, 0.05) is 86.2 Å². The monoisotopic (exact) mass is 569 g/mol. The Hall–Kier alpha value is -4.24. The number of carbonyl (C=O) groups is 1. The molecule has 3 aromatic heterocycles. The van der Waals surface area contributed by atoms with Crippen molar-refractivity contribution in [3.05, 3.63) is 54.6 Å². The number of pyridine rings is 1. The second-order valence-corrected chi connectivity index (χ2v) is 10.9. The Morgan fingerprint density at radius 2 is 1.95 bits per heavy atom. The molecular weight excluding hydrogens is 534 g/mol. The van der Waals surface area contributed by atoms with Crippen LogP contribution < -0.4 is 4.74 Å². The molecule has 1 amide bonds. The van der Waals surface area contributed by atoms with Gasteiger partial charge < -0.3 is 24.5 Å². The number of piperidine rings is 1. The maximum atomic E-state index is 12.1. The Morgan fingerprint density at radius 3 is 2.71 bits per heavy atom. The molecule has 6 rings (SSSR count). The number of H-pyrrole nitrogens is 1. The van der Waals surface area contributed by atoms with Gasteiger partial charge in [0.25, 0.3) is 5.91 Å². The number of benzene rings is 1. The van der Waals surface area contributed by atoms with E-state index in [2.05, 4.69) is 38.3 Å². The number of nitriles is 1. The maximum absolute atomic E-state index is 12.1. The summed E-state index contributed by atoms with van der Waals surface area (Å²) in [6.45, 7) is 7.76. The molecular formula is C31H35N7O4. The Bertz CT molecular complexity index is 1590. The number of nitrogens with one attached hydrogen (secondary N) is 1. The third-order valence-corrected chi connectivity index (χ3v) is 8.06. The average Bonchev–Trinajstić information content (AvgIpc) is 3.68. The van der Waals surface area contributed by atoms with Gasteiger partial charge in [-0.3, -0.25) is 14.4 Å². The molecule has 42 heavy (non-hydrogen) atoms. The minimum absolute atomic E-state index is 0.101. The molecule has 1 atom stereocenters. The smallest absolute Gasteiger partial charge is 0.251 e. The van der Waals surface area contributed by atoms with Crippen LogP contribution in [-0.4, -0.2) is 98.7 Å². The predicted octanol–water partition coefficient (Wildman–Crippen LogP) is 3.05. The minimum Gasteiger partial charge on any atom is -0.489 e. The molecule has 0 radical (unpaired) electrons. The number of amides is 1. The SMILES string of the molecule is C[C@H](O)C(=O)N1CCC(Oc2ccc(-c3c[nH]c4ncc(-c5cnn(CCN6CCOCC6)c5)cc34)cc2C#N)CC1. The van der Waals surface area contributed by atoms with E-state index in [9.17, 15) is 15.2 Å². The Labute approximate surface area is 244 Å². The van der Waals surface area contributed by atoms with Crippen molar-refractivity contribution >= 4 is 16.9 Å². The Balaban J connectivity index is 1.16. The molecule has 0 bridgehead atoms. The summed E-state index contributed by atoms with van der Waals surface area (Å²) in [5.41, 5.74) is 5.04. The molecule has 2 aliphatic heterocycles. The van der Waals surface area contributed by atoms with Gasteiger partial charge in [-0.25, -0.2) is 4.98 Å². The van der Waals surface area contributed by atoms with Crippen LogP contribution in [0.3, 0.4) is 0 Å². The van der Waals surface area contributed by atoms with Gasteiger partial charge in [-0.05, 0) is 30.7 Å². The molecule has 218 valence electrons. The summed E-state index contributed by atoms with van der Waals surface area (Å²) < 4.78 is 13.6. The lowest BCUT2D eigenvalue weighted by molar-refractivity contribution is -0.141. The highest BCUT2D eigenvalue weighted by atomic mass is 16.5. The molecule has 2 aliphatic rings. The topological polar surface area (TPSA) is 133 Å².